The molecule has 0 radical (unpaired) electrons. The van der Waals surface area contributed by atoms with Crippen LogP contribution in [0.2, 0.25) is 0 Å². The molecule has 1 atom stereocenters. The van der Waals surface area contributed by atoms with Gasteiger partial charge < -0.3 is 24.8 Å². The minimum absolute atomic E-state index is 0.269. The molecular formula is C28H32N2O5. The highest BCUT2D eigenvalue weighted by Crippen LogP contribution is 2.27. The van der Waals surface area contributed by atoms with Crippen molar-refractivity contribution in [2.24, 2.45) is 0 Å². The third-order valence-electron chi connectivity index (χ3n) is 5.51. The lowest BCUT2D eigenvalue weighted by Crippen LogP contribution is -2.33. The molecule has 0 saturated carbocycles. The van der Waals surface area contributed by atoms with Crippen LogP contribution in [0, 0.1) is 6.92 Å². The standard InChI is InChI=1S/C28H32N2O5/c1-5-24(35-21-10-8-9-19(2)17-21)28(32)30-23-12-7-6-11-22(23)27(31)29-16-15-20-13-14-25(33-3)26(18-20)34-4/h6-14,17-18,24H,5,15-16H2,1-4H3,(H,29,31)(H,30,32)/t24-/m1/s1. The fourth-order valence-electron chi connectivity index (χ4n) is 3.63. The summed E-state index contributed by atoms with van der Waals surface area (Å²) in [7, 11) is 3.18. The van der Waals surface area contributed by atoms with E-state index in [9.17, 15) is 9.59 Å². The van der Waals surface area contributed by atoms with E-state index < -0.39 is 6.10 Å². The highest BCUT2D eigenvalue weighted by atomic mass is 16.5. The lowest BCUT2D eigenvalue weighted by atomic mass is 10.1. The van der Waals surface area contributed by atoms with Crippen molar-refractivity contribution >= 4 is 17.5 Å². The van der Waals surface area contributed by atoms with E-state index in [0.29, 0.717) is 47.9 Å². The number of para-hydroxylation sites is 1. The molecular weight excluding hydrogens is 444 g/mol. The van der Waals surface area contributed by atoms with E-state index >= 15 is 0 Å². The molecule has 0 bridgehead atoms. The molecule has 0 fully saturated rings. The highest BCUT2D eigenvalue weighted by Gasteiger charge is 2.21. The number of carbonyl (C=O) groups excluding carboxylic acids is 2. The van der Waals surface area contributed by atoms with Gasteiger partial charge in [0.15, 0.2) is 17.6 Å². The molecule has 0 aliphatic rings. The van der Waals surface area contributed by atoms with Crippen LogP contribution in [0.1, 0.15) is 34.8 Å². The number of methoxy groups -OCH3 is 2. The van der Waals surface area contributed by atoms with Crippen LogP contribution in [-0.4, -0.2) is 38.7 Å². The number of carbonyl (C=O) groups is 2. The molecule has 2 amide bonds. The lowest BCUT2D eigenvalue weighted by molar-refractivity contribution is -0.122. The van der Waals surface area contributed by atoms with Gasteiger partial charge in [-0.25, -0.2) is 0 Å². The molecule has 184 valence electrons. The first kappa shape index (κ1) is 25.6. The fourth-order valence-corrected chi connectivity index (χ4v) is 3.63. The minimum atomic E-state index is -0.682. The Morgan fingerprint density at radius 1 is 0.914 bits per heavy atom. The van der Waals surface area contributed by atoms with E-state index in [2.05, 4.69) is 10.6 Å². The van der Waals surface area contributed by atoms with E-state index in [1.165, 1.54) is 0 Å². The van der Waals surface area contributed by atoms with E-state index in [0.717, 1.165) is 11.1 Å². The predicted octanol–water partition coefficient (Wildman–Crippen LogP) is 4.78. The maximum Gasteiger partial charge on any atom is 0.265 e. The SMILES string of the molecule is CC[C@@H](Oc1cccc(C)c1)C(=O)Nc1ccccc1C(=O)NCCc1ccc(OC)c(OC)c1. The van der Waals surface area contributed by atoms with Crippen LogP contribution in [-0.2, 0) is 11.2 Å². The number of hydrogen-bond donors (Lipinski definition) is 2. The van der Waals surface area contributed by atoms with Crippen molar-refractivity contribution in [1.29, 1.82) is 0 Å². The van der Waals surface area contributed by atoms with Crippen LogP contribution in [0.3, 0.4) is 0 Å². The van der Waals surface area contributed by atoms with Crippen molar-refractivity contribution in [1.82, 2.24) is 5.32 Å². The summed E-state index contributed by atoms with van der Waals surface area (Å²) in [5, 5.41) is 5.78. The molecule has 2 N–H and O–H groups in total. The van der Waals surface area contributed by atoms with Gasteiger partial charge in [0.05, 0.1) is 25.5 Å². The molecule has 0 spiro atoms. The Kier molecular flexibility index (Phi) is 9.12. The van der Waals surface area contributed by atoms with Crippen LogP contribution in [0.25, 0.3) is 0 Å². The molecule has 0 aliphatic heterocycles. The summed E-state index contributed by atoms with van der Waals surface area (Å²) < 4.78 is 16.5. The molecule has 0 saturated heterocycles. The molecule has 3 aromatic carbocycles. The maximum absolute atomic E-state index is 12.9. The smallest absolute Gasteiger partial charge is 0.265 e. The number of anilines is 1. The van der Waals surface area contributed by atoms with Crippen molar-refractivity contribution in [2.75, 3.05) is 26.1 Å². The van der Waals surface area contributed by atoms with E-state index in [-0.39, 0.29) is 11.8 Å². The monoisotopic (exact) mass is 476 g/mol. The zero-order valence-corrected chi connectivity index (χ0v) is 20.6. The number of nitrogens with one attached hydrogen (secondary N) is 2. The van der Waals surface area contributed by atoms with Gasteiger partial charge >= 0.3 is 0 Å². The quantitative estimate of drug-likeness (QED) is 0.416. The molecule has 3 rings (SSSR count). The number of rotatable bonds is 11. The first-order chi connectivity index (χ1) is 16.9. The average Bonchev–Trinajstić information content (AvgIpc) is 2.87. The summed E-state index contributed by atoms with van der Waals surface area (Å²) in [6.07, 6.45) is 0.417. The van der Waals surface area contributed by atoms with Crippen molar-refractivity contribution in [3.63, 3.8) is 0 Å². The Balaban J connectivity index is 1.62. The summed E-state index contributed by atoms with van der Waals surface area (Å²) >= 11 is 0. The topological polar surface area (TPSA) is 85.9 Å². The van der Waals surface area contributed by atoms with Crippen molar-refractivity contribution in [2.45, 2.75) is 32.8 Å². The van der Waals surface area contributed by atoms with Gasteiger partial charge in [0, 0.05) is 6.54 Å². The number of aryl methyl sites for hydroxylation is 1. The Morgan fingerprint density at radius 2 is 1.69 bits per heavy atom. The predicted molar refractivity (Wildman–Crippen MR) is 137 cm³/mol. The third kappa shape index (κ3) is 6.99. The number of hydrogen-bond acceptors (Lipinski definition) is 5. The summed E-state index contributed by atoms with van der Waals surface area (Å²) in [5.74, 6) is 1.35. The second-order valence-corrected chi connectivity index (χ2v) is 8.06. The highest BCUT2D eigenvalue weighted by molar-refractivity contribution is 6.04. The van der Waals surface area contributed by atoms with Gasteiger partial charge in [-0.2, -0.15) is 0 Å². The number of benzene rings is 3. The zero-order valence-electron chi connectivity index (χ0n) is 20.6. The summed E-state index contributed by atoms with van der Waals surface area (Å²) in [5.41, 5.74) is 2.88. The maximum atomic E-state index is 12.9. The van der Waals surface area contributed by atoms with Gasteiger partial charge in [0.1, 0.15) is 5.75 Å². The van der Waals surface area contributed by atoms with Gasteiger partial charge in [-0.3, -0.25) is 9.59 Å². The molecule has 7 nitrogen and oxygen atoms in total. The summed E-state index contributed by atoms with van der Waals surface area (Å²) in [4.78, 5) is 25.8. The van der Waals surface area contributed by atoms with Gasteiger partial charge in [-0.05, 0) is 67.3 Å². The van der Waals surface area contributed by atoms with Gasteiger partial charge in [0.25, 0.3) is 11.8 Å². The number of amides is 2. The molecule has 0 aromatic heterocycles. The second kappa shape index (κ2) is 12.5. The van der Waals surface area contributed by atoms with Gasteiger partial charge in [-0.1, -0.05) is 37.3 Å². The first-order valence-electron chi connectivity index (χ1n) is 11.6. The van der Waals surface area contributed by atoms with Crippen LogP contribution < -0.4 is 24.8 Å². The fraction of sp³-hybridized carbons (Fsp3) is 0.286. The van der Waals surface area contributed by atoms with Crippen LogP contribution in [0.5, 0.6) is 17.2 Å². The van der Waals surface area contributed by atoms with E-state index in [1.807, 2.05) is 56.3 Å². The van der Waals surface area contributed by atoms with Gasteiger partial charge in [-0.15, -0.1) is 0 Å². The molecule has 3 aromatic rings. The van der Waals surface area contributed by atoms with Crippen molar-refractivity contribution in [3.05, 3.63) is 83.4 Å². The average molecular weight is 477 g/mol. The number of ether oxygens (including phenoxy) is 3. The molecule has 0 aliphatic carbocycles. The van der Waals surface area contributed by atoms with E-state index in [1.54, 1.807) is 38.5 Å². The van der Waals surface area contributed by atoms with Crippen molar-refractivity contribution < 1.29 is 23.8 Å². The van der Waals surface area contributed by atoms with Crippen LogP contribution in [0.15, 0.2) is 66.7 Å². The van der Waals surface area contributed by atoms with Gasteiger partial charge in [0.2, 0.25) is 0 Å². The second-order valence-electron chi connectivity index (χ2n) is 8.06. The molecule has 0 heterocycles. The third-order valence-corrected chi connectivity index (χ3v) is 5.51. The van der Waals surface area contributed by atoms with Crippen LogP contribution >= 0.6 is 0 Å². The first-order valence-corrected chi connectivity index (χ1v) is 11.6. The Hall–Kier alpha value is -4.00. The Morgan fingerprint density at radius 3 is 2.40 bits per heavy atom. The minimum Gasteiger partial charge on any atom is -0.493 e. The Bertz CT molecular complexity index is 1160. The van der Waals surface area contributed by atoms with Crippen LogP contribution in [0.4, 0.5) is 5.69 Å². The summed E-state index contributed by atoms with van der Waals surface area (Å²) in [6.45, 7) is 4.27. The van der Waals surface area contributed by atoms with E-state index in [4.69, 9.17) is 14.2 Å². The zero-order chi connectivity index (χ0) is 25.2. The van der Waals surface area contributed by atoms with Crippen molar-refractivity contribution in [3.8, 4) is 17.2 Å². The normalized spacial score (nSPS) is 11.3. The molecule has 7 heteroatoms. The largest absolute Gasteiger partial charge is 0.493 e. The molecule has 0 unspecified atom stereocenters. The molecule has 35 heavy (non-hydrogen) atoms. The summed E-state index contributed by atoms with van der Waals surface area (Å²) in [6, 6.07) is 20.1. The Labute approximate surface area is 206 Å². The lowest BCUT2D eigenvalue weighted by Gasteiger charge is -2.19.